The number of rotatable bonds is 5. The average Bonchev–Trinajstić information content (AvgIpc) is 3.52. The summed E-state index contributed by atoms with van der Waals surface area (Å²) < 4.78 is 33.2. The Kier molecular flexibility index (Phi) is 6.80. The number of fused-ring (bicyclic) bond motifs is 2. The van der Waals surface area contributed by atoms with Gasteiger partial charge in [0, 0.05) is 60.0 Å². The zero-order valence-electron chi connectivity index (χ0n) is 20.5. The maximum absolute atomic E-state index is 13.5. The minimum Gasteiger partial charge on any atom is -0.469 e. The van der Waals surface area contributed by atoms with Gasteiger partial charge in [-0.05, 0) is 31.2 Å². The van der Waals surface area contributed by atoms with Gasteiger partial charge in [0.25, 0.3) is 15.9 Å². The number of benzene rings is 1. The zero-order valence-corrected chi connectivity index (χ0v) is 22.1. The van der Waals surface area contributed by atoms with Crippen LogP contribution in [0.25, 0.3) is 10.9 Å². The van der Waals surface area contributed by atoms with Crippen LogP contribution in [0.1, 0.15) is 39.3 Å². The SMILES string of the molecule is C#Cc1ccc2[nH]c(S(=O)(=O)N3CCN(C(=O)c4nc5c(s4)CNC(C)C5)C(CC(=O)OC)C3)cc2c1. The second-order valence-electron chi connectivity index (χ2n) is 9.25. The number of hydrogen-bond donors (Lipinski definition) is 2. The largest absolute Gasteiger partial charge is 0.469 e. The summed E-state index contributed by atoms with van der Waals surface area (Å²) in [5, 5.41) is 4.43. The maximum atomic E-state index is 13.5. The number of aromatic amines is 1. The Morgan fingerprint density at radius 3 is 2.86 bits per heavy atom. The maximum Gasteiger partial charge on any atom is 0.307 e. The van der Waals surface area contributed by atoms with E-state index in [0.717, 1.165) is 17.0 Å². The molecular formula is C25H27N5O5S2. The third kappa shape index (κ3) is 4.87. The number of ether oxygens (including phenoxy) is 1. The summed E-state index contributed by atoms with van der Waals surface area (Å²) in [4.78, 5) is 35.8. The third-order valence-corrected chi connectivity index (χ3v) is 9.66. The van der Waals surface area contributed by atoms with Crippen LogP contribution in [-0.2, 0) is 32.5 Å². The molecule has 0 radical (unpaired) electrons. The number of carbonyl (C=O) groups excluding carboxylic acids is 2. The molecule has 4 heterocycles. The first-order chi connectivity index (χ1) is 17.7. The number of sulfonamides is 1. The van der Waals surface area contributed by atoms with Crippen molar-refractivity contribution in [3.63, 3.8) is 0 Å². The lowest BCUT2D eigenvalue weighted by molar-refractivity contribution is -0.142. The number of esters is 1. The van der Waals surface area contributed by atoms with Crippen LogP contribution in [0.4, 0.5) is 0 Å². The van der Waals surface area contributed by atoms with Crippen LogP contribution < -0.4 is 5.32 Å². The lowest BCUT2D eigenvalue weighted by atomic mass is 10.1. The minimum absolute atomic E-state index is 0.0301. The lowest BCUT2D eigenvalue weighted by Gasteiger charge is -2.39. The van der Waals surface area contributed by atoms with Gasteiger partial charge in [-0.1, -0.05) is 5.92 Å². The first-order valence-electron chi connectivity index (χ1n) is 11.9. The molecule has 194 valence electrons. The highest BCUT2D eigenvalue weighted by Gasteiger charge is 2.39. The highest BCUT2D eigenvalue weighted by Crippen LogP contribution is 2.28. The predicted molar refractivity (Wildman–Crippen MR) is 139 cm³/mol. The number of hydrogen-bond acceptors (Lipinski definition) is 8. The molecule has 2 atom stereocenters. The fourth-order valence-electron chi connectivity index (χ4n) is 4.76. The molecule has 0 bridgehead atoms. The van der Waals surface area contributed by atoms with Crippen molar-refractivity contribution in [3.8, 4) is 12.3 Å². The molecule has 3 aromatic rings. The number of nitrogens with zero attached hydrogens (tertiary/aromatic N) is 3. The molecule has 2 unspecified atom stereocenters. The molecule has 0 saturated carbocycles. The van der Waals surface area contributed by atoms with Crippen LogP contribution in [0.3, 0.4) is 0 Å². The Hall–Kier alpha value is -3.24. The molecule has 2 N–H and O–H groups in total. The van der Waals surface area contributed by atoms with Crippen molar-refractivity contribution in [2.24, 2.45) is 0 Å². The van der Waals surface area contributed by atoms with Crippen LogP contribution in [-0.4, -0.2) is 78.3 Å². The number of piperazine rings is 1. The second-order valence-corrected chi connectivity index (χ2v) is 12.2. The summed E-state index contributed by atoms with van der Waals surface area (Å²) in [6, 6.07) is 6.35. The zero-order chi connectivity index (χ0) is 26.3. The standard InChI is InChI=1S/C25H27N5O5S2/c1-4-16-5-6-19-17(10-16)11-22(27-19)37(33,34)29-7-8-30(18(14-29)12-23(31)35-3)25(32)24-28-20-9-15(2)26-13-21(20)36-24/h1,5-6,10-11,15,18,26-27H,7-9,12-14H2,2-3H3. The van der Waals surface area contributed by atoms with E-state index in [4.69, 9.17) is 11.2 Å². The number of aromatic nitrogens is 2. The van der Waals surface area contributed by atoms with Crippen molar-refractivity contribution >= 4 is 44.1 Å². The molecule has 0 aliphatic carbocycles. The summed E-state index contributed by atoms with van der Waals surface area (Å²) in [7, 11) is -2.66. The molecule has 2 aromatic heterocycles. The fraction of sp³-hybridized carbons (Fsp3) is 0.400. The van der Waals surface area contributed by atoms with E-state index in [1.165, 1.54) is 22.8 Å². The number of terminal acetylenes is 1. The van der Waals surface area contributed by atoms with E-state index >= 15 is 0 Å². The van der Waals surface area contributed by atoms with E-state index in [1.54, 1.807) is 29.2 Å². The van der Waals surface area contributed by atoms with E-state index in [0.29, 0.717) is 28.0 Å². The van der Waals surface area contributed by atoms with Crippen LogP contribution in [0.5, 0.6) is 0 Å². The van der Waals surface area contributed by atoms with Gasteiger partial charge in [0.15, 0.2) is 5.01 Å². The van der Waals surface area contributed by atoms with Gasteiger partial charge < -0.3 is 19.9 Å². The Balaban J connectivity index is 1.40. The molecular weight excluding hydrogens is 514 g/mol. The molecule has 1 saturated heterocycles. The van der Waals surface area contributed by atoms with Crippen LogP contribution in [0.2, 0.25) is 0 Å². The van der Waals surface area contributed by atoms with Gasteiger partial charge in [-0.25, -0.2) is 13.4 Å². The Bertz CT molecular complexity index is 1520. The van der Waals surface area contributed by atoms with Gasteiger partial charge in [-0.3, -0.25) is 9.59 Å². The fourth-order valence-corrected chi connectivity index (χ4v) is 7.24. The van der Waals surface area contributed by atoms with Crippen LogP contribution in [0.15, 0.2) is 29.3 Å². The summed E-state index contributed by atoms with van der Waals surface area (Å²) in [5.74, 6) is 1.72. The van der Waals surface area contributed by atoms with Gasteiger partial charge in [0.05, 0.1) is 25.3 Å². The number of thiazole rings is 1. The summed E-state index contributed by atoms with van der Waals surface area (Å²) >= 11 is 1.34. The molecule has 1 amide bonds. The Morgan fingerprint density at radius 2 is 2.11 bits per heavy atom. The van der Waals surface area contributed by atoms with E-state index in [9.17, 15) is 18.0 Å². The molecule has 12 heteroatoms. The number of carbonyl (C=O) groups is 2. The third-order valence-electron chi connectivity index (χ3n) is 6.79. The van der Waals surface area contributed by atoms with E-state index < -0.39 is 22.0 Å². The van der Waals surface area contributed by atoms with E-state index in [-0.39, 0.29) is 43.0 Å². The normalized spacial score (nSPS) is 20.4. The molecule has 5 rings (SSSR count). The highest BCUT2D eigenvalue weighted by molar-refractivity contribution is 7.89. The van der Waals surface area contributed by atoms with Crippen molar-refractivity contribution in [1.29, 1.82) is 0 Å². The average molecular weight is 542 g/mol. The molecule has 2 aliphatic heterocycles. The molecule has 0 spiro atoms. The Morgan fingerprint density at radius 1 is 1.30 bits per heavy atom. The summed E-state index contributed by atoms with van der Waals surface area (Å²) in [6.45, 7) is 2.89. The van der Waals surface area contributed by atoms with Crippen molar-refractivity contribution in [2.75, 3.05) is 26.7 Å². The number of methoxy groups -OCH3 is 1. The van der Waals surface area contributed by atoms with Crippen molar-refractivity contribution in [2.45, 2.75) is 43.4 Å². The number of nitrogens with one attached hydrogen (secondary N) is 2. The second kappa shape index (κ2) is 9.90. The topological polar surface area (TPSA) is 125 Å². The van der Waals surface area contributed by atoms with Gasteiger partial charge in [-0.15, -0.1) is 17.8 Å². The first-order valence-corrected chi connectivity index (χ1v) is 14.1. The van der Waals surface area contributed by atoms with Crippen molar-refractivity contribution in [1.82, 2.24) is 24.5 Å². The number of H-pyrrole nitrogens is 1. The van der Waals surface area contributed by atoms with Gasteiger partial charge in [0.2, 0.25) is 0 Å². The van der Waals surface area contributed by atoms with E-state index in [1.807, 2.05) is 0 Å². The Labute approximate surface area is 219 Å². The lowest BCUT2D eigenvalue weighted by Crippen LogP contribution is -2.57. The van der Waals surface area contributed by atoms with Crippen molar-refractivity contribution < 1.29 is 22.7 Å². The molecule has 37 heavy (non-hydrogen) atoms. The monoisotopic (exact) mass is 541 g/mol. The van der Waals surface area contributed by atoms with Crippen molar-refractivity contribution in [3.05, 3.63) is 45.4 Å². The van der Waals surface area contributed by atoms with Gasteiger partial charge >= 0.3 is 5.97 Å². The van der Waals surface area contributed by atoms with E-state index in [2.05, 4.69) is 28.1 Å². The van der Waals surface area contributed by atoms with Gasteiger partial charge in [-0.2, -0.15) is 4.31 Å². The number of amides is 1. The highest BCUT2D eigenvalue weighted by atomic mass is 32.2. The first kappa shape index (κ1) is 25.4. The molecule has 1 aromatic carbocycles. The summed E-state index contributed by atoms with van der Waals surface area (Å²) in [6.07, 6.45) is 6.08. The molecule has 1 fully saturated rings. The molecule has 10 nitrogen and oxygen atoms in total. The van der Waals surface area contributed by atoms with Gasteiger partial charge in [0.1, 0.15) is 5.03 Å². The minimum atomic E-state index is -3.93. The predicted octanol–water partition coefficient (Wildman–Crippen LogP) is 1.72. The smallest absolute Gasteiger partial charge is 0.307 e. The summed E-state index contributed by atoms with van der Waals surface area (Å²) in [5.41, 5.74) is 2.21. The van der Waals surface area contributed by atoms with Crippen LogP contribution in [0, 0.1) is 12.3 Å². The van der Waals surface area contributed by atoms with Crippen LogP contribution >= 0.6 is 11.3 Å². The molecule has 2 aliphatic rings. The quantitative estimate of drug-likeness (QED) is 0.372.